The van der Waals surface area contributed by atoms with Crippen LogP contribution in [0.4, 0.5) is 4.79 Å². The number of hydrogen-bond acceptors (Lipinski definition) is 5. The summed E-state index contributed by atoms with van der Waals surface area (Å²) in [6, 6.07) is 6.50. The third-order valence-corrected chi connectivity index (χ3v) is 3.90. The molecule has 1 aliphatic rings. The summed E-state index contributed by atoms with van der Waals surface area (Å²) in [5.74, 6) is 0.676. The molecular weight excluding hydrogens is 282 g/mol. The van der Waals surface area contributed by atoms with Gasteiger partial charge in [-0.15, -0.1) is 5.11 Å². The standard InChI is InChI=1S/C12H15N3O4S/c1-19-10-2-4-11(5-3-10)20(18)14-13-9-6-7-15(8-9)12(16)17/h2-5,9H,6-8H2,1H3,(H,16,17). The number of nitrogens with zero attached hydrogens (tertiary/aromatic N) is 3. The molecule has 0 saturated carbocycles. The Morgan fingerprint density at radius 1 is 1.50 bits per heavy atom. The molecule has 2 unspecified atom stereocenters. The highest BCUT2D eigenvalue weighted by Gasteiger charge is 2.26. The molecule has 1 N–H and O–H groups in total. The maximum absolute atomic E-state index is 11.9. The summed E-state index contributed by atoms with van der Waals surface area (Å²) < 4.78 is 20.7. The van der Waals surface area contributed by atoms with E-state index in [0.29, 0.717) is 30.2 Å². The Kier molecular flexibility index (Phi) is 4.80. The molecule has 0 bridgehead atoms. The third kappa shape index (κ3) is 3.61. The van der Waals surface area contributed by atoms with Crippen LogP contribution >= 0.6 is 0 Å². The van der Waals surface area contributed by atoms with Crippen LogP contribution in [0.25, 0.3) is 0 Å². The minimum atomic E-state index is -1.57. The number of carboxylic acid groups (broad SMARTS) is 1. The maximum Gasteiger partial charge on any atom is 0.407 e. The van der Waals surface area contributed by atoms with Crippen LogP contribution in [0.3, 0.4) is 0 Å². The Bertz CT molecular complexity index is 494. The zero-order valence-corrected chi connectivity index (χ0v) is 11.7. The molecule has 1 aliphatic heterocycles. The van der Waals surface area contributed by atoms with Crippen molar-refractivity contribution in [3.05, 3.63) is 24.3 Å². The summed E-state index contributed by atoms with van der Waals surface area (Å²) in [5, 5.41) is 12.8. The first-order chi connectivity index (χ1) is 9.60. The van der Waals surface area contributed by atoms with Gasteiger partial charge in [-0.1, -0.05) is 0 Å². The summed E-state index contributed by atoms with van der Waals surface area (Å²) >= 11 is -1.57. The first-order valence-corrected chi connectivity index (χ1v) is 7.15. The minimum absolute atomic E-state index is 0.215. The predicted octanol–water partition coefficient (Wildman–Crippen LogP) is 1.92. The van der Waals surface area contributed by atoms with E-state index in [1.807, 2.05) is 0 Å². The second-order valence-corrected chi connectivity index (χ2v) is 5.43. The van der Waals surface area contributed by atoms with Gasteiger partial charge in [0.15, 0.2) is 16.3 Å². The fraction of sp³-hybridized carbons (Fsp3) is 0.417. The number of rotatable bonds is 4. The highest BCUT2D eigenvalue weighted by Crippen LogP contribution is 2.19. The second-order valence-electron chi connectivity index (χ2n) is 4.29. The maximum atomic E-state index is 11.9. The van der Waals surface area contributed by atoms with Crippen molar-refractivity contribution in [3.63, 3.8) is 0 Å². The van der Waals surface area contributed by atoms with E-state index < -0.39 is 17.5 Å². The Balaban J connectivity index is 1.92. The molecule has 0 aliphatic carbocycles. The number of carbonyl (C=O) groups is 1. The van der Waals surface area contributed by atoms with E-state index in [0.717, 1.165) is 0 Å². The van der Waals surface area contributed by atoms with Gasteiger partial charge < -0.3 is 19.3 Å². The molecule has 2 rings (SSSR count). The number of amides is 1. The Labute approximate surface area is 119 Å². The lowest BCUT2D eigenvalue weighted by atomic mass is 10.3. The van der Waals surface area contributed by atoms with E-state index in [-0.39, 0.29) is 6.04 Å². The average Bonchev–Trinajstić information content (AvgIpc) is 2.94. The van der Waals surface area contributed by atoms with Gasteiger partial charge >= 0.3 is 6.09 Å². The van der Waals surface area contributed by atoms with Crippen molar-refractivity contribution in [2.24, 2.45) is 9.63 Å². The predicted molar refractivity (Wildman–Crippen MR) is 72.3 cm³/mol. The van der Waals surface area contributed by atoms with E-state index in [1.165, 1.54) is 4.90 Å². The number of benzene rings is 1. The quantitative estimate of drug-likeness (QED) is 0.678. The molecule has 0 spiro atoms. The van der Waals surface area contributed by atoms with E-state index in [1.54, 1.807) is 31.4 Å². The summed E-state index contributed by atoms with van der Waals surface area (Å²) in [6.45, 7) is 0.743. The van der Waals surface area contributed by atoms with Crippen molar-refractivity contribution in [2.75, 3.05) is 20.2 Å². The highest BCUT2D eigenvalue weighted by atomic mass is 32.2. The lowest BCUT2D eigenvalue weighted by Gasteiger charge is -2.09. The van der Waals surface area contributed by atoms with Crippen LogP contribution in [0.5, 0.6) is 5.75 Å². The van der Waals surface area contributed by atoms with Crippen LogP contribution in [0, 0.1) is 0 Å². The van der Waals surface area contributed by atoms with Gasteiger partial charge in [-0.25, -0.2) is 4.79 Å². The van der Waals surface area contributed by atoms with Crippen LogP contribution in [0.2, 0.25) is 0 Å². The summed E-state index contributed by atoms with van der Waals surface area (Å²) in [7, 11) is 1.56. The van der Waals surface area contributed by atoms with E-state index in [9.17, 15) is 9.35 Å². The number of likely N-dealkylation sites (tertiary alicyclic amines) is 1. The molecular formula is C12H15N3O4S. The Morgan fingerprint density at radius 3 is 2.75 bits per heavy atom. The molecule has 8 heteroatoms. The Morgan fingerprint density at radius 2 is 2.20 bits per heavy atom. The molecule has 1 aromatic rings. The molecule has 0 aromatic heterocycles. The zero-order chi connectivity index (χ0) is 14.5. The van der Waals surface area contributed by atoms with Gasteiger partial charge in [0.05, 0.1) is 13.2 Å². The molecule has 2 atom stereocenters. The lowest BCUT2D eigenvalue weighted by molar-refractivity contribution is 0.155. The van der Waals surface area contributed by atoms with Gasteiger partial charge in [-0.3, -0.25) is 0 Å². The topological polar surface area (TPSA) is 97.5 Å². The van der Waals surface area contributed by atoms with Gasteiger partial charge in [0.25, 0.3) is 0 Å². The zero-order valence-electron chi connectivity index (χ0n) is 10.9. The molecule has 1 amide bonds. The van der Waals surface area contributed by atoms with Gasteiger partial charge in [-0.2, -0.15) is 0 Å². The van der Waals surface area contributed by atoms with Gasteiger partial charge in [0, 0.05) is 17.6 Å². The third-order valence-electron chi connectivity index (χ3n) is 2.98. The molecule has 7 nitrogen and oxygen atoms in total. The first-order valence-electron chi connectivity index (χ1n) is 6.05. The van der Waals surface area contributed by atoms with E-state index >= 15 is 0 Å². The van der Waals surface area contributed by atoms with Crippen LogP contribution in [-0.2, 0) is 11.4 Å². The van der Waals surface area contributed by atoms with E-state index in [2.05, 4.69) is 9.63 Å². The van der Waals surface area contributed by atoms with E-state index in [4.69, 9.17) is 9.84 Å². The number of hydrogen-bond donors (Lipinski definition) is 1. The molecule has 108 valence electrons. The molecule has 1 fully saturated rings. The average molecular weight is 297 g/mol. The van der Waals surface area contributed by atoms with Gasteiger partial charge in [0.1, 0.15) is 5.75 Å². The molecule has 0 radical (unpaired) electrons. The number of methoxy groups -OCH3 is 1. The van der Waals surface area contributed by atoms with Crippen LogP contribution < -0.4 is 4.74 Å². The van der Waals surface area contributed by atoms with Crippen LogP contribution in [-0.4, -0.2) is 46.9 Å². The van der Waals surface area contributed by atoms with Crippen molar-refractivity contribution in [1.29, 1.82) is 0 Å². The molecule has 20 heavy (non-hydrogen) atoms. The van der Waals surface area contributed by atoms with Crippen molar-refractivity contribution < 1.29 is 19.2 Å². The van der Waals surface area contributed by atoms with Crippen LogP contribution in [0.1, 0.15) is 6.42 Å². The van der Waals surface area contributed by atoms with Crippen molar-refractivity contribution >= 4 is 17.5 Å². The SMILES string of the molecule is COc1ccc([S+]([O-])N=NC2CCN(C(=O)O)C2)cc1. The van der Waals surface area contributed by atoms with Crippen LogP contribution in [0.15, 0.2) is 38.8 Å². The summed E-state index contributed by atoms with van der Waals surface area (Å²) in [4.78, 5) is 12.6. The van der Waals surface area contributed by atoms with Gasteiger partial charge in [-0.05, 0) is 30.7 Å². The summed E-state index contributed by atoms with van der Waals surface area (Å²) in [6.07, 6.45) is -0.353. The molecule has 1 heterocycles. The smallest absolute Gasteiger partial charge is 0.407 e. The van der Waals surface area contributed by atoms with Crippen molar-refractivity contribution in [2.45, 2.75) is 17.4 Å². The summed E-state index contributed by atoms with van der Waals surface area (Å²) in [5.41, 5.74) is 0. The fourth-order valence-electron chi connectivity index (χ4n) is 1.86. The largest absolute Gasteiger partial charge is 0.585 e. The highest BCUT2D eigenvalue weighted by molar-refractivity contribution is 7.90. The number of ether oxygens (including phenoxy) is 1. The monoisotopic (exact) mass is 297 g/mol. The Hall–Kier alpha value is -1.80. The van der Waals surface area contributed by atoms with Crippen molar-refractivity contribution in [3.8, 4) is 5.75 Å². The molecule has 1 saturated heterocycles. The minimum Gasteiger partial charge on any atom is -0.585 e. The molecule has 1 aromatic carbocycles. The lowest BCUT2D eigenvalue weighted by Crippen LogP contribution is -2.27. The first kappa shape index (κ1) is 14.6. The fourth-order valence-corrected chi connectivity index (χ4v) is 2.54. The second kappa shape index (κ2) is 6.58. The normalized spacial score (nSPS) is 20.3. The van der Waals surface area contributed by atoms with Crippen molar-refractivity contribution in [1.82, 2.24) is 4.90 Å². The van der Waals surface area contributed by atoms with Gasteiger partial charge in [0.2, 0.25) is 0 Å².